The molecule has 1 heterocycles. The fraction of sp³-hybridized carbons (Fsp3) is 0.185. The minimum atomic E-state index is -0.827. The smallest absolute Gasteiger partial charge is 0.311 e. The average molecular weight is 540 g/mol. The summed E-state index contributed by atoms with van der Waals surface area (Å²) in [4.78, 5) is 50.5. The monoisotopic (exact) mass is 539 g/mol. The number of hydrogen-bond donors (Lipinski definition) is 2. The molecule has 0 spiro atoms. The molecule has 0 saturated carbocycles. The van der Waals surface area contributed by atoms with Crippen LogP contribution in [0.1, 0.15) is 23.5 Å². The number of hydrogen-bond acceptors (Lipinski definition) is 5. The van der Waals surface area contributed by atoms with Crippen molar-refractivity contribution in [2.24, 2.45) is 5.92 Å². The van der Waals surface area contributed by atoms with Gasteiger partial charge in [-0.3, -0.25) is 29.6 Å². The molecule has 8 nitrogen and oxygen atoms in total. The van der Waals surface area contributed by atoms with Crippen LogP contribution < -0.4 is 10.7 Å². The molecule has 1 fully saturated rings. The number of hydrazine groups is 1. The van der Waals surface area contributed by atoms with Gasteiger partial charge in [0, 0.05) is 11.4 Å². The van der Waals surface area contributed by atoms with Crippen molar-refractivity contribution in [2.45, 2.75) is 12.3 Å². The molecule has 1 aliphatic rings. The molecular formula is C27H23Cl2N3O5. The zero-order valence-electron chi connectivity index (χ0n) is 19.5. The van der Waals surface area contributed by atoms with Gasteiger partial charge in [0.2, 0.25) is 5.91 Å². The summed E-state index contributed by atoms with van der Waals surface area (Å²) in [6.07, 6.45) is -0.148. The number of amides is 3. The van der Waals surface area contributed by atoms with Gasteiger partial charge in [-0.1, -0.05) is 83.9 Å². The molecule has 0 unspecified atom stereocenters. The van der Waals surface area contributed by atoms with Crippen molar-refractivity contribution in [3.8, 4) is 0 Å². The number of carbonyl (C=O) groups excluding carboxylic acids is 4. The zero-order valence-corrected chi connectivity index (χ0v) is 21.0. The highest BCUT2D eigenvalue weighted by molar-refractivity contribution is 6.36. The van der Waals surface area contributed by atoms with Gasteiger partial charge in [0.05, 0.1) is 29.1 Å². The van der Waals surface area contributed by atoms with Gasteiger partial charge in [-0.05, 0) is 29.3 Å². The second-order valence-electron chi connectivity index (χ2n) is 8.42. The van der Waals surface area contributed by atoms with Crippen LogP contribution in [0.4, 0.5) is 5.69 Å². The van der Waals surface area contributed by atoms with Crippen LogP contribution >= 0.6 is 23.2 Å². The largest absolute Gasteiger partial charge is 0.455 e. The zero-order chi connectivity index (χ0) is 26.4. The summed E-state index contributed by atoms with van der Waals surface area (Å²) in [5.74, 6) is -3.62. The lowest BCUT2D eigenvalue weighted by Gasteiger charge is -2.23. The number of rotatable bonds is 8. The Morgan fingerprint density at radius 1 is 0.946 bits per heavy atom. The number of ether oxygens (including phenoxy) is 1. The Morgan fingerprint density at radius 2 is 1.57 bits per heavy atom. The first kappa shape index (κ1) is 26.2. The molecule has 10 heteroatoms. The van der Waals surface area contributed by atoms with Gasteiger partial charge in [-0.25, -0.2) is 0 Å². The van der Waals surface area contributed by atoms with Crippen LogP contribution in [0.25, 0.3) is 0 Å². The predicted molar refractivity (Wildman–Crippen MR) is 139 cm³/mol. The van der Waals surface area contributed by atoms with Gasteiger partial charge in [0.1, 0.15) is 0 Å². The van der Waals surface area contributed by atoms with Gasteiger partial charge >= 0.3 is 5.97 Å². The molecule has 4 rings (SSSR count). The van der Waals surface area contributed by atoms with Crippen molar-refractivity contribution in [1.82, 2.24) is 10.4 Å². The maximum absolute atomic E-state index is 13.3. The Kier molecular flexibility index (Phi) is 8.43. The van der Waals surface area contributed by atoms with Crippen molar-refractivity contribution in [1.29, 1.82) is 0 Å². The number of benzene rings is 3. The summed E-state index contributed by atoms with van der Waals surface area (Å²) in [6, 6.07) is 23.0. The molecule has 1 aliphatic heterocycles. The molecule has 0 aromatic heterocycles. The van der Waals surface area contributed by atoms with Crippen molar-refractivity contribution >= 4 is 52.6 Å². The minimum absolute atomic E-state index is 0.0651. The van der Waals surface area contributed by atoms with Crippen molar-refractivity contribution in [3.63, 3.8) is 0 Å². The number of esters is 1. The first-order valence-electron chi connectivity index (χ1n) is 11.4. The average Bonchev–Trinajstić information content (AvgIpc) is 3.25. The van der Waals surface area contributed by atoms with Gasteiger partial charge in [-0.15, -0.1) is 0 Å². The van der Waals surface area contributed by atoms with E-state index in [9.17, 15) is 19.2 Å². The van der Waals surface area contributed by atoms with Crippen LogP contribution in [0, 0.1) is 5.92 Å². The fourth-order valence-corrected chi connectivity index (χ4v) is 4.44. The lowest BCUT2D eigenvalue weighted by molar-refractivity contribution is -0.151. The van der Waals surface area contributed by atoms with E-state index in [0.29, 0.717) is 10.7 Å². The first-order valence-corrected chi connectivity index (χ1v) is 12.2. The van der Waals surface area contributed by atoms with E-state index in [1.54, 1.807) is 6.07 Å². The lowest BCUT2D eigenvalue weighted by atomic mass is 9.91. The van der Waals surface area contributed by atoms with E-state index in [2.05, 4.69) is 10.7 Å². The van der Waals surface area contributed by atoms with Crippen molar-refractivity contribution in [3.05, 3.63) is 100 Å². The molecular weight excluding hydrogens is 517 g/mol. The van der Waals surface area contributed by atoms with Gasteiger partial charge in [-0.2, -0.15) is 0 Å². The van der Waals surface area contributed by atoms with Crippen LogP contribution in [0.3, 0.4) is 0 Å². The molecule has 2 N–H and O–H groups in total. The van der Waals surface area contributed by atoms with Crippen molar-refractivity contribution in [2.75, 3.05) is 18.5 Å². The minimum Gasteiger partial charge on any atom is -0.455 e. The number of nitrogens with zero attached hydrogens (tertiary/aromatic N) is 1. The van der Waals surface area contributed by atoms with Crippen LogP contribution in [0.5, 0.6) is 0 Å². The first-order chi connectivity index (χ1) is 17.8. The van der Waals surface area contributed by atoms with E-state index in [1.807, 2.05) is 60.7 Å². The molecule has 0 radical (unpaired) electrons. The highest BCUT2D eigenvalue weighted by Crippen LogP contribution is 2.27. The van der Waals surface area contributed by atoms with Crippen molar-refractivity contribution < 1.29 is 23.9 Å². The summed E-state index contributed by atoms with van der Waals surface area (Å²) in [5, 5.41) is 4.31. The maximum atomic E-state index is 13.3. The van der Waals surface area contributed by atoms with Crippen LogP contribution in [-0.4, -0.2) is 41.9 Å². The Bertz CT molecular complexity index is 1260. The van der Waals surface area contributed by atoms with E-state index in [1.165, 1.54) is 12.1 Å². The number of nitrogens with one attached hydrogen (secondary N) is 2. The van der Waals surface area contributed by atoms with Gasteiger partial charge < -0.3 is 10.1 Å². The Morgan fingerprint density at radius 3 is 2.16 bits per heavy atom. The van der Waals surface area contributed by atoms with Gasteiger partial charge in [0.25, 0.3) is 11.8 Å². The molecule has 37 heavy (non-hydrogen) atoms. The highest BCUT2D eigenvalue weighted by Gasteiger charge is 2.37. The fourth-order valence-electron chi connectivity index (χ4n) is 3.99. The highest BCUT2D eigenvalue weighted by atomic mass is 35.5. The summed E-state index contributed by atoms with van der Waals surface area (Å²) >= 11 is 11.9. The Balaban J connectivity index is 1.34. The van der Waals surface area contributed by atoms with E-state index in [0.717, 1.165) is 16.1 Å². The third-order valence-corrected chi connectivity index (χ3v) is 6.33. The van der Waals surface area contributed by atoms with E-state index < -0.39 is 42.1 Å². The molecule has 1 atom stereocenters. The lowest BCUT2D eigenvalue weighted by Crippen LogP contribution is -2.45. The van der Waals surface area contributed by atoms with E-state index >= 15 is 0 Å². The topological polar surface area (TPSA) is 105 Å². The second-order valence-corrected chi connectivity index (χ2v) is 9.26. The number of halogens is 2. The van der Waals surface area contributed by atoms with E-state index in [4.69, 9.17) is 27.9 Å². The third-order valence-electron chi connectivity index (χ3n) is 5.78. The maximum Gasteiger partial charge on any atom is 0.311 e. The summed E-state index contributed by atoms with van der Waals surface area (Å²) in [6.45, 7) is -0.622. The summed E-state index contributed by atoms with van der Waals surface area (Å²) in [5.41, 5.74) is 4.50. The summed E-state index contributed by atoms with van der Waals surface area (Å²) in [7, 11) is 0. The SMILES string of the molecule is O=C(COC(=O)[C@H]1CC(=O)N(NC(=O)C(c2ccccc2)c2ccccc2)C1)Nc1ccc(Cl)cc1Cl. The Hall–Kier alpha value is -3.88. The molecule has 3 aromatic carbocycles. The van der Waals surface area contributed by atoms with E-state index in [-0.39, 0.29) is 18.0 Å². The summed E-state index contributed by atoms with van der Waals surface area (Å²) < 4.78 is 5.10. The van der Waals surface area contributed by atoms with Crippen LogP contribution in [0.2, 0.25) is 10.0 Å². The normalized spacial score (nSPS) is 14.9. The Labute approximate surface area is 223 Å². The van der Waals surface area contributed by atoms with Crippen LogP contribution in [0.15, 0.2) is 78.9 Å². The molecule has 1 saturated heterocycles. The standard InChI is InChI=1S/C27H23Cl2N3O5/c28-20-11-12-22(21(29)14-20)30-23(33)16-37-27(36)19-13-24(34)32(15-19)31-26(35)25(17-7-3-1-4-8-17)18-9-5-2-6-10-18/h1-12,14,19,25H,13,15-16H2,(H,30,33)(H,31,35)/t19-/m0/s1. The van der Waals surface area contributed by atoms with Gasteiger partial charge in [0.15, 0.2) is 6.61 Å². The third kappa shape index (κ3) is 6.67. The number of anilines is 1. The molecule has 3 amide bonds. The molecule has 3 aromatic rings. The second kappa shape index (κ2) is 11.9. The molecule has 190 valence electrons. The predicted octanol–water partition coefficient (Wildman–Crippen LogP) is 4.19. The molecule has 0 bridgehead atoms. The van der Waals surface area contributed by atoms with Crippen LogP contribution in [-0.2, 0) is 23.9 Å². The molecule has 0 aliphatic carbocycles. The quantitative estimate of drug-likeness (QED) is 0.417. The number of carbonyl (C=O) groups is 4.